The van der Waals surface area contributed by atoms with Gasteiger partial charge in [-0.3, -0.25) is 9.69 Å². The van der Waals surface area contributed by atoms with Crippen LogP contribution in [0.3, 0.4) is 0 Å². The summed E-state index contributed by atoms with van der Waals surface area (Å²) in [4.78, 5) is 24.0. The quantitative estimate of drug-likeness (QED) is 0.291. The SMILES string of the molecule is CNCCNC(=O)c1ccccc1Nc1nc(Nc2cccc(CCN3CCOCC3)c2)ncc1Cl. The Morgan fingerprint density at radius 3 is 2.75 bits per heavy atom. The van der Waals surface area contributed by atoms with Crippen LogP contribution >= 0.6 is 11.6 Å². The molecule has 0 aliphatic carbocycles. The molecule has 9 nitrogen and oxygen atoms in total. The monoisotopic (exact) mass is 509 g/mol. The van der Waals surface area contributed by atoms with Crippen molar-refractivity contribution in [1.82, 2.24) is 25.5 Å². The number of hydrogen-bond donors (Lipinski definition) is 4. The predicted molar refractivity (Wildman–Crippen MR) is 144 cm³/mol. The molecule has 3 aromatic rings. The van der Waals surface area contributed by atoms with E-state index in [0.29, 0.717) is 41.1 Å². The number of likely N-dealkylation sites (N-methyl/N-ethyl adjacent to an activating group) is 1. The van der Waals surface area contributed by atoms with Crippen molar-refractivity contribution >= 4 is 40.6 Å². The molecular weight excluding hydrogens is 478 g/mol. The molecule has 36 heavy (non-hydrogen) atoms. The molecule has 2 aromatic carbocycles. The normalized spacial score (nSPS) is 13.8. The van der Waals surface area contributed by atoms with Gasteiger partial charge in [-0.15, -0.1) is 0 Å². The molecule has 190 valence electrons. The first-order valence-corrected chi connectivity index (χ1v) is 12.5. The van der Waals surface area contributed by atoms with E-state index >= 15 is 0 Å². The van der Waals surface area contributed by atoms with Crippen LogP contribution < -0.4 is 21.3 Å². The van der Waals surface area contributed by atoms with Crippen LogP contribution in [0.1, 0.15) is 15.9 Å². The van der Waals surface area contributed by atoms with Crippen LogP contribution in [-0.4, -0.2) is 73.8 Å². The zero-order valence-corrected chi connectivity index (χ0v) is 21.1. The van der Waals surface area contributed by atoms with E-state index in [-0.39, 0.29) is 5.91 Å². The summed E-state index contributed by atoms with van der Waals surface area (Å²) in [6.07, 6.45) is 2.49. The van der Waals surface area contributed by atoms with Gasteiger partial charge in [0.1, 0.15) is 5.02 Å². The molecule has 1 aliphatic rings. The number of halogens is 1. The summed E-state index contributed by atoms with van der Waals surface area (Å²) >= 11 is 6.39. The Morgan fingerprint density at radius 1 is 1.08 bits per heavy atom. The molecule has 0 saturated carbocycles. The molecule has 0 atom stereocenters. The number of ether oxygens (including phenoxy) is 1. The molecule has 4 rings (SSSR count). The number of hydrogen-bond acceptors (Lipinski definition) is 8. The molecule has 2 heterocycles. The number of nitrogens with zero attached hydrogens (tertiary/aromatic N) is 3. The fraction of sp³-hybridized carbons (Fsp3) is 0.346. The number of nitrogens with one attached hydrogen (secondary N) is 4. The van der Waals surface area contributed by atoms with Crippen molar-refractivity contribution in [2.75, 3.05) is 63.6 Å². The lowest BCUT2D eigenvalue weighted by Crippen LogP contribution is -2.37. The van der Waals surface area contributed by atoms with Gasteiger partial charge in [0, 0.05) is 38.4 Å². The predicted octanol–water partition coefficient (Wildman–Crippen LogP) is 3.44. The lowest BCUT2D eigenvalue weighted by molar-refractivity contribution is 0.0384. The minimum absolute atomic E-state index is 0.175. The van der Waals surface area contributed by atoms with E-state index in [2.05, 4.69) is 48.3 Å². The summed E-state index contributed by atoms with van der Waals surface area (Å²) in [6.45, 7) is 5.77. The van der Waals surface area contributed by atoms with Gasteiger partial charge in [-0.2, -0.15) is 4.98 Å². The molecule has 10 heteroatoms. The van der Waals surface area contributed by atoms with Crippen molar-refractivity contribution in [2.45, 2.75) is 6.42 Å². The maximum atomic E-state index is 12.6. The van der Waals surface area contributed by atoms with E-state index in [4.69, 9.17) is 16.3 Å². The first kappa shape index (κ1) is 25.8. The number of aromatic nitrogens is 2. The number of carbonyl (C=O) groups excluding carboxylic acids is 1. The summed E-state index contributed by atoms with van der Waals surface area (Å²) in [5.41, 5.74) is 3.24. The van der Waals surface area contributed by atoms with Crippen molar-refractivity contribution in [2.24, 2.45) is 0 Å². The van der Waals surface area contributed by atoms with Gasteiger partial charge in [0.2, 0.25) is 5.95 Å². The van der Waals surface area contributed by atoms with E-state index < -0.39 is 0 Å². The Labute approximate surface area is 216 Å². The Kier molecular flexibility index (Phi) is 9.46. The first-order chi connectivity index (χ1) is 17.6. The van der Waals surface area contributed by atoms with Crippen molar-refractivity contribution in [3.63, 3.8) is 0 Å². The first-order valence-electron chi connectivity index (χ1n) is 12.1. The summed E-state index contributed by atoms with van der Waals surface area (Å²) < 4.78 is 5.43. The summed E-state index contributed by atoms with van der Waals surface area (Å²) in [5, 5.41) is 12.7. The van der Waals surface area contributed by atoms with Gasteiger partial charge in [-0.25, -0.2) is 4.98 Å². The largest absolute Gasteiger partial charge is 0.379 e. The third-order valence-corrected chi connectivity index (χ3v) is 6.11. The zero-order chi connectivity index (χ0) is 25.2. The fourth-order valence-electron chi connectivity index (χ4n) is 3.87. The molecule has 0 radical (unpaired) electrons. The second kappa shape index (κ2) is 13.2. The molecule has 0 unspecified atom stereocenters. The number of para-hydroxylation sites is 1. The van der Waals surface area contributed by atoms with Gasteiger partial charge in [0.05, 0.1) is 30.7 Å². The molecule has 1 amide bonds. The smallest absolute Gasteiger partial charge is 0.253 e. The van der Waals surface area contributed by atoms with Crippen LogP contribution in [0.4, 0.5) is 23.1 Å². The average molecular weight is 510 g/mol. The van der Waals surface area contributed by atoms with Crippen LogP contribution in [0.5, 0.6) is 0 Å². The molecule has 4 N–H and O–H groups in total. The van der Waals surface area contributed by atoms with Crippen molar-refractivity contribution in [3.05, 3.63) is 70.9 Å². The Hall–Kier alpha value is -3.24. The summed E-state index contributed by atoms with van der Waals surface area (Å²) in [5.74, 6) is 0.641. The number of anilines is 4. The number of morpholine rings is 1. The van der Waals surface area contributed by atoms with Crippen molar-refractivity contribution < 1.29 is 9.53 Å². The lowest BCUT2D eigenvalue weighted by Gasteiger charge is -2.26. The average Bonchev–Trinajstić information content (AvgIpc) is 2.91. The molecular formula is C26H32ClN7O2. The molecule has 1 saturated heterocycles. The Balaban J connectivity index is 1.43. The van der Waals surface area contributed by atoms with E-state index in [9.17, 15) is 4.79 Å². The standard InChI is InChI=1S/C26H32ClN7O2/c1-28-10-11-29-25(35)21-7-2-3-8-23(21)32-24-22(27)18-30-26(33-24)31-20-6-4-5-19(17-20)9-12-34-13-15-36-16-14-34/h2-8,17-18,28H,9-16H2,1H3,(H,29,35)(H2,30,31,32,33). The maximum Gasteiger partial charge on any atom is 0.253 e. The molecule has 1 fully saturated rings. The van der Waals surface area contributed by atoms with Gasteiger partial charge < -0.3 is 26.0 Å². The summed E-state index contributed by atoms with van der Waals surface area (Å²) in [7, 11) is 1.84. The lowest BCUT2D eigenvalue weighted by atomic mass is 10.1. The number of amides is 1. The van der Waals surface area contributed by atoms with Crippen LogP contribution in [-0.2, 0) is 11.2 Å². The van der Waals surface area contributed by atoms with Crippen LogP contribution in [0.2, 0.25) is 5.02 Å². The van der Waals surface area contributed by atoms with Crippen LogP contribution in [0.15, 0.2) is 54.7 Å². The molecule has 0 spiro atoms. The highest BCUT2D eigenvalue weighted by Gasteiger charge is 2.14. The van der Waals surface area contributed by atoms with E-state index in [1.807, 2.05) is 37.4 Å². The fourth-order valence-corrected chi connectivity index (χ4v) is 4.01. The van der Waals surface area contributed by atoms with Gasteiger partial charge >= 0.3 is 0 Å². The van der Waals surface area contributed by atoms with E-state index in [0.717, 1.165) is 45.0 Å². The second-order valence-electron chi connectivity index (χ2n) is 8.45. The molecule has 1 aliphatic heterocycles. The number of benzene rings is 2. The van der Waals surface area contributed by atoms with Crippen molar-refractivity contribution in [1.29, 1.82) is 0 Å². The topological polar surface area (TPSA) is 103 Å². The highest BCUT2D eigenvalue weighted by Crippen LogP contribution is 2.27. The van der Waals surface area contributed by atoms with Gasteiger partial charge in [0.25, 0.3) is 5.91 Å². The Morgan fingerprint density at radius 2 is 1.92 bits per heavy atom. The molecule has 0 bridgehead atoms. The zero-order valence-electron chi connectivity index (χ0n) is 20.4. The minimum Gasteiger partial charge on any atom is -0.379 e. The van der Waals surface area contributed by atoms with Crippen molar-refractivity contribution in [3.8, 4) is 0 Å². The minimum atomic E-state index is -0.175. The third kappa shape index (κ3) is 7.38. The second-order valence-corrected chi connectivity index (χ2v) is 8.86. The van der Waals surface area contributed by atoms with Gasteiger partial charge in [-0.05, 0) is 43.3 Å². The third-order valence-electron chi connectivity index (χ3n) is 5.83. The van der Waals surface area contributed by atoms with E-state index in [1.165, 1.54) is 11.8 Å². The van der Waals surface area contributed by atoms with Crippen LogP contribution in [0, 0.1) is 0 Å². The van der Waals surface area contributed by atoms with Gasteiger partial charge in [-0.1, -0.05) is 35.9 Å². The number of carbonyl (C=O) groups is 1. The maximum absolute atomic E-state index is 12.6. The highest BCUT2D eigenvalue weighted by atomic mass is 35.5. The Bertz CT molecular complexity index is 1150. The molecule has 1 aromatic heterocycles. The van der Waals surface area contributed by atoms with E-state index in [1.54, 1.807) is 6.07 Å². The van der Waals surface area contributed by atoms with Crippen LogP contribution in [0.25, 0.3) is 0 Å². The summed E-state index contributed by atoms with van der Waals surface area (Å²) in [6, 6.07) is 15.5. The highest BCUT2D eigenvalue weighted by molar-refractivity contribution is 6.33. The van der Waals surface area contributed by atoms with Gasteiger partial charge in [0.15, 0.2) is 5.82 Å². The number of rotatable bonds is 11.